The summed E-state index contributed by atoms with van der Waals surface area (Å²) in [5.41, 5.74) is 5.39. The van der Waals surface area contributed by atoms with Gasteiger partial charge in [-0.25, -0.2) is 0 Å². The largest absolute Gasteiger partial charge is 0.423 e. The minimum absolute atomic E-state index is 0.00750. The Morgan fingerprint density at radius 3 is 2.35 bits per heavy atom. The van der Waals surface area contributed by atoms with E-state index in [1.54, 1.807) is 0 Å². The fourth-order valence-electron chi connectivity index (χ4n) is 1.46. The molecule has 1 aromatic carbocycles. The minimum Gasteiger partial charge on any atom is -0.423 e. The van der Waals surface area contributed by atoms with Gasteiger partial charge in [0.1, 0.15) is 0 Å². The normalized spacial score (nSPS) is 9.75. The van der Waals surface area contributed by atoms with Crippen LogP contribution >= 0.6 is 0 Å². The molecule has 1 rings (SSSR count). The Kier molecular flexibility index (Phi) is 5.67. The number of para-hydroxylation sites is 1. The lowest BCUT2D eigenvalue weighted by molar-refractivity contribution is -0.134. The lowest BCUT2D eigenvalue weighted by Crippen LogP contribution is -2.29. The molecule has 0 aliphatic carbocycles. The van der Waals surface area contributed by atoms with Crippen LogP contribution in [0.3, 0.4) is 0 Å². The van der Waals surface area contributed by atoms with Crippen LogP contribution in [0.2, 0.25) is 0 Å². The Balaban J connectivity index is 3.17. The van der Waals surface area contributed by atoms with Crippen molar-refractivity contribution in [1.82, 2.24) is 5.32 Å². The molecule has 0 saturated heterocycles. The molecule has 1 amide bonds. The van der Waals surface area contributed by atoms with Gasteiger partial charge in [-0.3, -0.25) is 14.4 Å². The van der Waals surface area contributed by atoms with Gasteiger partial charge in [-0.15, -0.1) is 0 Å². The zero-order valence-corrected chi connectivity index (χ0v) is 11.3. The van der Waals surface area contributed by atoms with Crippen LogP contribution in [0.4, 0.5) is 0 Å². The SMILES string of the molecule is CC(=O)Oc1cccc(C(=O)NCCN)c1OC(C)=O. The molecular weight excluding hydrogens is 264 g/mol. The van der Waals surface area contributed by atoms with E-state index in [2.05, 4.69) is 5.32 Å². The van der Waals surface area contributed by atoms with Gasteiger partial charge in [0.2, 0.25) is 0 Å². The van der Waals surface area contributed by atoms with E-state index < -0.39 is 17.8 Å². The van der Waals surface area contributed by atoms with Gasteiger partial charge in [0.25, 0.3) is 5.91 Å². The van der Waals surface area contributed by atoms with Gasteiger partial charge in [-0.05, 0) is 12.1 Å². The van der Waals surface area contributed by atoms with Crippen LogP contribution in [0.25, 0.3) is 0 Å². The number of ether oxygens (including phenoxy) is 2. The van der Waals surface area contributed by atoms with Crippen LogP contribution in [0.15, 0.2) is 18.2 Å². The second-order valence-electron chi connectivity index (χ2n) is 3.86. The third-order valence-electron chi connectivity index (χ3n) is 2.15. The quantitative estimate of drug-likeness (QED) is 0.590. The van der Waals surface area contributed by atoms with E-state index in [1.807, 2.05) is 0 Å². The topological polar surface area (TPSA) is 108 Å². The summed E-state index contributed by atoms with van der Waals surface area (Å²) in [7, 11) is 0. The van der Waals surface area contributed by atoms with E-state index in [0.29, 0.717) is 0 Å². The molecule has 20 heavy (non-hydrogen) atoms. The number of benzene rings is 1. The second-order valence-corrected chi connectivity index (χ2v) is 3.86. The highest BCUT2D eigenvalue weighted by Gasteiger charge is 2.19. The van der Waals surface area contributed by atoms with E-state index in [4.69, 9.17) is 15.2 Å². The standard InChI is InChI=1S/C13H16N2O5/c1-8(16)19-11-5-3-4-10(12(11)20-9(2)17)13(18)15-7-6-14/h3-5H,6-7,14H2,1-2H3,(H,15,18). The van der Waals surface area contributed by atoms with Gasteiger partial charge in [-0.1, -0.05) is 6.07 Å². The van der Waals surface area contributed by atoms with Crippen LogP contribution in [0.5, 0.6) is 11.5 Å². The van der Waals surface area contributed by atoms with Crippen molar-refractivity contribution in [3.8, 4) is 11.5 Å². The van der Waals surface area contributed by atoms with Crippen molar-refractivity contribution in [3.05, 3.63) is 23.8 Å². The second kappa shape index (κ2) is 7.25. The number of hydrogen-bond donors (Lipinski definition) is 2. The van der Waals surface area contributed by atoms with Crippen molar-refractivity contribution in [3.63, 3.8) is 0 Å². The zero-order chi connectivity index (χ0) is 15.1. The smallest absolute Gasteiger partial charge is 0.308 e. The average molecular weight is 280 g/mol. The van der Waals surface area contributed by atoms with Crippen LogP contribution in [-0.4, -0.2) is 30.9 Å². The molecule has 0 heterocycles. The summed E-state index contributed by atoms with van der Waals surface area (Å²) in [6.07, 6.45) is 0. The average Bonchev–Trinajstić information content (AvgIpc) is 2.36. The molecule has 0 aliphatic rings. The van der Waals surface area contributed by atoms with Gasteiger partial charge in [0.15, 0.2) is 11.5 Å². The monoisotopic (exact) mass is 280 g/mol. The molecule has 0 radical (unpaired) electrons. The lowest BCUT2D eigenvalue weighted by atomic mass is 10.1. The molecule has 0 aromatic heterocycles. The molecule has 0 unspecified atom stereocenters. The lowest BCUT2D eigenvalue weighted by Gasteiger charge is -2.13. The Morgan fingerprint density at radius 2 is 1.80 bits per heavy atom. The molecule has 0 bridgehead atoms. The van der Waals surface area contributed by atoms with Gasteiger partial charge < -0.3 is 20.5 Å². The Hall–Kier alpha value is -2.41. The number of nitrogens with two attached hydrogens (primary N) is 1. The number of carbonyl (C=O) groups is 3. The zero-order valence-electron chi connectivity index (χ0n) is 11.3. The first-order valence-corrected chi connectivity index (χ1v) is 5.93. The molecule has 7 heteroatoms. The fourth-order valence-corrected chi connectivity index (χ4v) is 1.46. The Labute approximate surface area is 116 Å². The number of hydrogen-bond acceptors (Lipinski definition) is 6. The van der Waals surface area contributed by atoms with Gasteiger partial charge in [0.05, 0.1) is 5.56 Å². The van der Waals surface area contributed by atoms with Gasteiger partial charge in [0, 0.05) is 26.9 Å². The number of esters is 2. The van der Waals surface area contributed by atoms with Crippen LogP contribution in [0, 0.1) is 0 Å². The molecule has 0 fully saturated rings. The van der Waals surface area contributed by atoms with Crippen LogP contribution in [-0.2, 0) is 9.59 Å². The molecular formula is C13H16N2O5. The summed E-state index contributed by atoms with van der Waals surface area (Å²) < 4.78 is 9.89. The van der Waals surface area contributed by atoms with Gasteiger partial charge in [-0.2, -0.15) is 0 Å². The Morgan fingerprint density at radius 1 is 1.15 bits per heavy atom. The molecule has 0 saturated carbocycles. The highest BCUT2D eigenvalue weighted by molar-refractivity contribution is 5.98. The number of nitrogens with one attached hydrogen (secondary N) is 1. The van der Waals surface area contributed by atoms with E-state index in [0.717, 1.165) is 0 Å². The summed E-state index contributed by atoms with van der Waals surface area (Å²) in [6, 6.07) is 4.40. The molecule has 0 spiro atoms. The van der Waals surface area contributed by atoms with Crippen molar-refractivity contribution in [2.75, 3.05) is 13.1 Å². The third kappa shape index (κ3) is 4.36. The number of carbonyl (C=O) groups excluding carboxylic acids is 3. The first-order valence-electron chi connectivity index (χ1n) is 5.93. The van der Waals surface area contributed by atoms with Gasteiger partial charge >= 0.3 is 11.9 Å². The molecule has 108 valence electrons. The summed E-state index contributed by atoms with van der Waals surface area (Å²) in [5.74, 6) is -1.77. The van der Waals surface area contributed by atoms with E-state index in [-0.39, 0.29) is 30.2 Å². The summed E-state index contributed by atoms with van der Waals surface area (Å²) >= 11 is 0. The first-order chi connectivity index (χ1) is 9.45. The predicted molar refractivity (Wildman–Crippen MR) is 70.4 cm³/mol. The van der Waals surface area contributed by atoms with E-state index in [9.17, 15) is 14.4 Å². The van der Waals surface area contributed by atoms with Crippen molar-refractivity contribution in [1.29, 1.82) is 0 Å². The maximum absolute atomic E-state index is 11.9. The molecule has 1 aromatic rings. The number of rotatable bonds is 5. The first kappa shape index (κ1) is 15.6. The highest BCUT2D eigenvalue weighted by Crippen LogP contribution is 2.31. The number of amides is 1. The molecule has 0 atom stereocenters. The Bertz CT molecular complexity index is 527. The maximum atomic E-state index is 11.9. The van der Waals surface area contributed by atoms with Crippen molar-refractivity contribution >= 4 is 17.8 Å². The molecule has 0 aliphatic heterocycles. The van der Waals surface area contributed by atoms with Crippen LogP contribution < -0.4 is 20.5 Å². The van der Waals surface area contributed by atoms with Crippen molar-refractivity contribution in [2.45, 2.75) is 13.8 Å². The van der Waals surface area contributed by atoms with E-state index in [1.165, 1.54) is 32.0 Å². The fraction of sp³-hybridized carbons (Fsp3) is 0.308. The van der Waals surface area contributed by atoms with Crippen molar-refractivity contribution < 1.29 is 23.9 Å². The molecule has 3 N–H and O–H groups in total. The van der Waals surface area contributed by atoms with E-state index >= 15 is 0 Å². The van der Waals surface area contributed by atoms with Crippen molar-refractivity contribution in [2.24, 2.45) is 5.73 Å². The minimum atomic E-state index is -0.627. The maximum Gasteiger partial charge on any atom is 0.308 e. The summed E-state index contributed by atoms with van der Waals surface area (Å²) in [6.45, 7) is 2.94. The van der Waals surface area contributed by atoms with Crippen LogP contribution in [0.1, 0.15) is 24.2 Å². The predicted octanol–water partition coefficient (Wildman–Crippen LogP) is 0.226. The summed E-state index contributed by atoms with van der Waals surface area (Å²) in [4.78, 5) is 34.1. The summed E-state index contributed by atoms with van der Waals surface area (Å²) in [5, 5.41) is 2.55. The third-order valence-corrected chi connectivity index (χ3v) is 2.15. The molecule has 7 nitrogen and oxygen atoms in total. The highest BCUT2D eigenvalue weighted by atomic mass is 16.6.